The third-order valence-corrected chi connectivity index (χ3v) is 5.08. The van der Waals surface area contributed by atoms with E-state index in [2.05, 4.69) is 10.4 Å². The van der Waals surface area contributed by atoms with Crippen LogP contribution in [0.3, 0.4) is 0 Å². The molecule has 3 aromatic rings. The van der Waals surface area contributed by atoms with Crippen LogP contribution >= 0.6 is 0 Å². The van der Waals surface area contributed by atoms with E-state index in [1.54, 1.807) is 24.3 Å². The third kappa shape index (κ3) is 4.35. The number of sulfonamides is 1. The second-order valence-electron chi connectivity index (χ2n) is 5.75. The van der Waals surface area contributed by atoms with Gasteiger partial charge in [-0.3, -0.25) is 19.6 Å². The number of nitrogens with one attached hydrogen (secondary N) is 2. The number of carbonyl (C=O) groups excluding carboxylic acids is 1. The van der Waals surface area contributed by atoms with Gasteiger partial charge in [0.15, 0.2) is 0 Å². The zero-order valence-corrected chi connectivity index (χ0v) is 15.8. The Bertz CT molecular complexity index is 1160. The number of fused-ring (bicyclic) bond motifs is 1. The van der Waals surface area contributed by atoms with Gasteiger partial charge in [0, 0.05) is 0 Å². The fourth-order valence-electron chi connectivity index (χ4n) is 2.48. The highest BCUT2D eigenvalue weighted by Gasteiger charge is 2.16. The molecule has 0 spiro atoms. The number of hydrogen-bond acceptors (Lipinski definition) is 6. The number of hydrogen-bond donors (Lipinski definition) is 2. The van der Waals surface area contributed by atoms with Gasteiger partial charge in [0.25, 0.3) is 21.5 Å². The van der Waals surface area contributed by atoms with Crippen LogP contribution in [0.1, 0.15) is 6.92 Å². The molecule has 0 aliphatic heterocycles. The van der Waals surface area contributed by atoms with Crippen LogP contribution in [-0.4, -0.2) is 30.5 Å². The average molecular weight is 402 g/mol. The van der Waals surface area contributed by atoms with E-state index in [-0.39, 0.29) is 11.4 Å². The molecule has 146 valence electrons. The molecular weight excluding hydrogens is 384 g/mol. The quantitative estimate of drug-likeness (QED) is 0.565. The average Bonchev–Trinajstić information content (AvgIpc) is 2.70. The molecule has 10 heteroatoms. The molecule has 0 bridgehead atoms. The lowest BCUT2D eigenvalue weighted by atomic mass is 10.2. The highest BCUT2D eigenvalue weighted by molar-refractivity contribution is 7.89. The summed E-state index contributed by atoms with van der Waals surface area (Å²) >= 11 is 0. The van der Waals surface area contributed by atoms with Crippen LogP contribution < -0.4 is 20.6 Å². The maximum absolute atomic E-state index is 12.4. The predicted octanol–water partition coefficient (Wildman–Crippen LogP) is 0.805. The van der Waals surface area contributed by atoms with Gasteiger partial charge in [0.05, 0.1) is 28.7 Å². The number of para-hydroxylation sites is 1. The first-order chi connectivity index (χ1) is 13.4. The van der Waals surface area contributed by atoms with Gasteiger partial charge in [0.2, 0.25) is 0 Å². The first kappa shape index (κ1) is 19.5. The summed E-state index contributed by atoms with van der Waals surface area (Å²) in [6, 6.07) is 12.5. The first-order valence-electron chi connectivity index (χ1n) is 8.38. The van der Waals surface area contributed by atoms with Crippen molar-refractivity contribution >= 4 is 26.8 Å². The number of nitrogens with zero attached hydrogens (tertiary/aromatic N) is 2. The molecule has 0 aliphatic rings. The SMILES string of the molecule is CCOc1ccc(S(=O)(=O)NNC(=O)Cn2cnc3ccccc3c2=O)cc1. The van der Waals surface area contributed by atoms with Crippen molar-refractivity contribution in [2.24, 2.45) is 0 Å². The van der Waals surface area contributed by atoms with E-state index in [0.717, 1.165) is 4.57 Å². The van der Waals surface area contributed by atoms with Crippen molar-refractivity contribution in [1.82, 2.24) is 19.8 Å². The van der Waals surface area contributed by atoms with Gasteiger partial charge in [0.1, 0.15) is 12.3 Å². The molecule has 1 amide bonds. The van der Waals surface area contributed by atoms with E-state index in [4.69, 9.17) is 4.74 Å². The van der Waals surface area contributed by atoms with Crippen LogP contribution in [0.5, 0.6) is 5.75 Å². The van der Waals surface area contributed by atoms with E-state index in [1.807, 2.05) is 11.8 Å². The molecule has 9 nitrogen and oxygen atoms in total. The monoisotopic (exact) mass is 402 g/mol. The number of aromatic nitrogens is 2. The number of amides is 1. The minimum absolute atomic E-state index is 0.0409. The van der Waals surface area contributed by atoms with Crippen LogP contribution in [0.4, 0.5) is 0 Å². The standard InChI is InChI=1S/C18H18N4O5S/c1-2-27-13-7-9-14(10-8-13)28(25,26)21-20-17(23)11-22-12-19-16-6-4-3-5-15(16)18(22)24/h3-10,12,21H,2,11H2,1H3,(H,20,23). The number of hydrazine groups is 1. The van der Waals surface area contributed by atoms with Crippen molar-refractivity contribution in [3.8, 4) is 5.75 Å². The molecule has 1 aromatic heterocycles. The lowest BCUT2D eigenvalue weighted by Gasteiger charge is -2.10. The molecular formula is C18H18N4O5S. The van der Waals surface area contributed by atoms with Crippen molar-refractivity contribution in [3.63, 3.8) is 0 Å². The molecule has 2 aromatic carbocycles. The van der Waals surface area contributed by atoms with E-state index in [9.17, 15) is 18.0 Å². The highest BCUT2D eigenvalue weighted by atomic mass is 32.2. The van der Waals surface area contributed by atoms with Crippen LogP contribution in [0.15, 0.2) is 64.5 Å². The topological polar surface area (TPSA) is 119 Å². The first-order valence-corrected chi connectivity index (χ1v) is 9.87. The Balaban J connectivity index is 1.66. The maximum Gasteiger partial charge on any atom is 0.261 e. The van der Waals surface area contributed by atoms with E-state index >= 15 is 0 Å². The van der Waals surface area contributed by atoms with E-state index in [0.29, 0.717) is 23.3 Å². The molecule has 0 radical (unpaired) electrons. The molecule has 0 fully saturated rings. The molecule has 0 atom stereocenters. The number of rotatable bonds is 7. The van der Waals surface area contributed by atoms with Crippen molar-refractivity contribution < 1.29 is 17.9 Å². The summed E-state index contributed by atoms with van der Waals surface area (Å²) in [4.78, 5) is 30.5. The molecule has 0 saturated heterocycles. The Morgan fingerprint density at radius 3 is 2.57 bits per heavy atom. The van der Waals surface area contributed by atoms with Crippen molar-refractivity contribution in [2.75, 3.05) is 6.61 Å². The number of benzene rings is 2. The Morgan fingerprint density at radius 1 is 1.14 bits per heavy atom. The lowest BCUT2D eigenvalue weighted by molar-refractivity contribution is -0.122. The Morgan fingerprint density at radius 2 is 1.86 bits per heavy atom. The van der Waals surface area contributed by atoms with Gasteiger partial charge >= 0.3 is 0 Å². The second-order valence-corrected chi connectivity index (χ2v) is 7.44. The molecule has 2 N–H and O–H groups in total. The fourth-order valence-corrected chi connectivity index (χ4v) is 3.34. The third-order valence-electron chi connectivity index (χ3n) is 3.82. The normalized spacial score (nSPS) is 11.3. The van der Waals surface area contributed by atoms with Crippen LogP contribution in [0.2, 0.25) is 0 Å². The molecule has 3 rings (SSSR count). The summed E-state index contributed by atoms with van der Waals surface area (Å²) < 4.78 is 30.9. The largest absolute Gasteiger partial charge is 0.494 e. The number of ether oxygens (including phenoxy) is 1. The minimum atomic E-state index is -3.96. The maximum atomic E-state index is 12.4. The summed E-state index contributed by atoms with van der Waals surface area (Å²) in [6.07, 6.45) is 1.24. The van der Waals surface area contributed by atoms with Crippen LogP contribution in [-0.2, 0) is 21.4 Å². The summed E-state index contributed by atoms with van der Waals surface area (Å²) in [6.45, 7) is 1.89. The van der Waals surface area contributed by atoms with Crippen molar-refractivity contribution in [2.45, 2.75) is 18.4 Å². The Labute approximate surface area is 161 Å². The molecule has 28 heavy (non-hydrogen) atoms. The predicted molar refractivity (Wildman–Crippen MR) is 102 cm³/mol. The minimum Gasteiger partial charge on any atom is -0.494 e. The van der Waals surface area contributed by atoms with Gasteiger partial charge in [-0.25, -0.2) is 13.4 Å². The van der Waals surface area contributed by atoms with Gasteiger partial charge in [-0.2, -0.15) is 0 Å². The highest BCUT2D eigenvalue weighted by Crippen LogP contribution is 2.15. The Kier molecular flexibility index (Phi) is 5.71. The smallest absolute Gasteiger partial charge is 0.261 e. The van der Waals surface area contributed by atoms with Crippen LogP contribution in [0.25, 0.3) is 10.9 Å². The van der Waals surface area contributed by atoms with Crippen molar-refractivity contribution in [1.29, 1.82) is 0 Å². The van der Waals surface area contributed by atoms with Gasteiger partial charge in [-0.1, -0.05) is 12.1 Å². The van der Waals surface area contributed by atoms with E-state index in [1.165, 1.54) is 30.6 Å². The van der Waals surface area contributed by atoms with Gasteiger partial charge in [-0.05, 0) is 43.3 Å². The summed E-state index contributed by atoms with van der Waals surface area (Å²) in [7, 11) is -3.96. The van der Waals surface area contributed by atoms with Crippen molar-refractivity contribution in [3.05, 3.63) is 65.2 Å². The van der Waals surface area contributed by atoms with Crippen LogP contribution in [0, 0.1) is 0 Å². The lowest BCUT2D eigenvalue weighted by Crippen LogP contribution is -2.44. The van der Waals surface area contributed by atoms with Gasteiger partial charge < -0.3 is 4.74 Å². The van der Waals surface area contributed by atoms with Gasteiger partial charge in [-0.15, -0.1) is 4.83 Å². The zero-order chi connectivity index (χ0) is 20.1. The molecule has 0 aliphatic carbocycles. The molecule has 1 heterocycles. The second kappa shape index (κ2) is 8.19. The Hall–Kier alpha value is -3.24. The molecule has 0 unspecified atom stereocenters. The van der Waals surface area contributed by atoms with E-state index < -0.39 is 21.5 Å². The summed E-state index contributed by atoms with van der Waals surface area (Å²) in [5.41, 5.74) is 2.21. The molecule has 0 saturated carbocycles. The zero-order valence-electron chi connectivity index (χ0n) is 15.0. The number of carbonyl (C=O) groups is 1. The summed E-state index contributed by atoms with van der Waals surface area (Å²) in [5, 5.41) is 0.368. The fraction of sp³-hybridized carbons (Fsp3) is 0.167. The summed E-state index contributed by atoms with van der Waals surface area (Å²) in [5.74, 6) is -0.178.